The number of rotatable bonds is 8. The maximum atomic E-state index is 12.1. The van der Waals surface area contributed by atoms with E-state index < -0.39 is 10.2 Å². The molecule has 0 atom stereocenters. The number of hydrogen-bond acceptors (Lipinski definition) is 3. The van der Waals surface area contributed by atoms with Crippen molar-refractivity contribution in [1.29, 1.82) is 0 Å². The molecule has 0 spiro atoms. The molecule has 0 radical (unpaired) electrons. The van der Waals surface area contributed by atoms with Crippen LogP contribution in [0.3, 0.4) is 0 Å². The molecule has 23 heavy (non-hydrogen) atoms. The third-order valence-electron chi connectivity index (χ3n) is 3.72. The van der Waals surface area contributed by atoms with Crippen LogP contribution in [0.5, 0.6) is 0 Å². The number of carbonyl (C=O) groups excluding carboxylic acids is 1. The summed E-state index contributed by atoms with van der Waals surface area (Å²) in [5.74, 6) is -0.0929. The molecule has 1 aromatic carbocycles. The van der Waals surface area contributed by atoms with Crippen molar-refractivity contribution in [3.05, 3.63) is 29.3 Å². The van der Waals surface area contributed by atoms with Crippen molar-refractivity contribution in [1.82, 2.24) is 9.03 Å². The molecule has 0 saturated heterocycles. The van der Waals surface area contributed by atoms with Gasteiger partial charge < -0.3 is 4.90 Å². The third kappa shape index (κ3) is 5.02. The summed E-state index contributed by atoms with van der Waals surface area (Å²) in [7, 11) is -0.558. The first kappa shape index (κ1) is 19.6. The van der Waals surface area contributed by atoms with Gasteiger partial charge >= 0.3 is 0 Å². The number of nitrogens with one attached hydrogen (secondary N) is 1. The van der Waals surface area contributed by atoms with Crippen LogP contribution in [0.2, 0.25) is 0 Å². The number of para-hydroxylation sites is 1. The summed E-state index contributed by atoms with van der Waals surface area (Å²) < 4.78 is 27.2. The van der Waals surface area contributed by atoms with Gasteiger partial charge in [-0.1, -0.05) is 32.0 Å². The van der Waals surface area contributed by atoms with E-state index in [4.69, 9.17) is 0 Å². The molecule has 6 nitrogen and oxygen atoms in total. The van der Waals surface area contributed by atoms with Gasteiger partial charge in [-0.2, -0.15) is 12.7 Å². The van der Waals surface area contributed by atoms with Crippen molar-refractivity contribution in [2.75, 3.05) is 32.1 Å². The number of hydrogen-bond donors (Lipinski definition) is 1. The zero-order chi connectivity index (χ0) is 17.6. The van der Waals surface area contributed by atoms with Crippen LogP contribution in [0, 0.1) is 0 Å². The van der Waals surface area contributed by atoms with Crippen LogP contribution in [0.25, 0.3) is 0 Å². The van der Waals surface area contributed by atoms with Gasteiger partial charge in [0.15, 0.2) is 0 Å². The van der Waals surface area contributed by atoms with Crippen molar-refractivity contribution in [2.45, 2.75) is 33.6 Å². The second kappa shape index (κ2) is 8.42. The van der Waals surface area contributed by atoms with E-state index in [2.05, 4.69) is 4.72 Å². The lowest BCUT2D eigenvalue weighted by molar-refractivity contribution is -0.116. The SMILES string of the molecule is CCc1cccc(CC)c1N(CCNS(=O)(=O)N(C)C)C(C)=O. The largest absolute Gasteiger partial charge is 0.311 e. The first-order valence-electron chi connectivity index (χ1n) is 7.80. The van der Waals surface area contributed by atoms with E-state index in [0.29, 0.717) is 6.54 Å². The minimum atomic E-state index is -3.49. The van der Waals surface area contributed by atoms with Crippen LogP contribution in [0.1, 0.15) is 31.9 Å². The molecule has 0 saturated carbocycles. The molecule has 7 heteroatoms. The summed E-state index contributed by atoms with van der Waals surface area (Å²) >= 11 is 0. The highest BCUT2D eigenvalue weighted by Crippen LogP contribution is 2.27. The second-order valence-electron chi connectivity index (χ2n) is 5.48. The normalized spacial score (nSPS) is 11.7. The minimum Gasteiger partial charge on any atom is -0.311 e. The quantitative estimate of drug-likeness (QED) is 0.780. The minimum absolute atomic E-state index is 0.0929. The number of aryl methyl sites for hydroxylation is 2. The van der Waals surface area contributed by atoms with Crippen molar-refractivity contribution in [3.8, 4) is 0 Å². The van der Waals surface area contributed by atoms with Crippen molar-refractivity contribution < 1.29 is 13.2 Å². The van der Waals surface area contributed by atoms with Gasteiger partial charge in [-0.15, -0.1) is 0 Å². The van der Waals surface area contributed by atoms with E-state index in [1.807, 2.05) is 32.0 Å². The zero-order valence-electron chi connectivity index (χ0n) is 14.6. The Bertz CT molecular complexity index is 620. The van der Waals surface area contributed by atoms with Crippen LogP contribution in [0.4, 0.5) is 5.69 Å². The molecule has 0 aliphatic heterocycles. The van der Waals surface area contributed by atoms with E-state index in [1.165, 1.54) is 21.0 Å². The molecule has 0 bridgehead atoms. The van der Waals surface area contributed by atoms with Gasteiger partial charge in [0, 0.05) is 34.1 Å². The standard InChI is InChI=1S/C16H27N3O3S/c1-6-14-9-8-10-15(7-2)16(14)19(13(3)20)12-11-17-23(21,22)18(4)5/h8-10,17H,6-7,11-12H2,1-5H3. The van der Waals surface area contributed by atoms with E-state index >= 15 is 0 Å². The van der Waals surface area contributed by atoms with E-state index in [9.17, 15) is 13.2 Å². The second-order valence-corrected chi connectivity index (χ2v) is 7.45. The van der Waals surface area contributed by atoms with Gasteiger partial charge in [0.05, 0.1) is 5.69 Å². The molecular formula is C16H27N3O3S. The number of nitrogens with zero attached hydrogens (tertiary/aromatic N) is 2. The molecule has 1 N–H and O–H groups in total. The van der Waals surface area contributed by atoms with Gasteiger partial charge in [-0.05, 0) is 24.0 Å². The van der Waals surface area contributed by atoms with Gasteiger partial charge in [0.1, 0.15) is 0 Å². The molecule has 1 rings (SSSR count). The Morgan fingerprint density at radius 1 is 1.13 bits per heavy atom. The Hall–Kier alpha value is -1.44. The first-order chi connectivity index (χ1) is 10.7. The van der Waals surface area contributed by atoms with Crippen molar-refractivity contribution in [2.24, 2.45) is 0 Å². The Labute approximate surface area is 139 Å². The van der Waals surface area contributed by atoms with Crippen molar-refractivity contribution in [3.63, 3.8) is 0 Å². The molecule has 0 unspecified atom stereocenters. The first-order valence-corrected chi connectivity index (χ1v) is 9.24. The van der Waals surface area contributed by atoms with E-state index in [1.54, 1.807) is 4.90 Å². The van der Waals surface area contributed by atoms with Gasteiger partial charge in [0.2, 0.25) is 5.91 Å². The molecule has 1 aromatic rings. The fraction of sp³-hybridized carbons (Fsp3) is 0.562. The lowest BCUT2D eigenvalue weighted by atomic mass is 10.0. The number of amides is 1. The summed E-state index contributed by atoms with van der Waals surface area (Å²) in [6, 6.07) is 6.01. The summed E-state index contributed by atoms with van der Waals surface area (Å²) in [5, 5.41) is 0. The topological polar surface area (TPSA) is 69.7 Å². The Kier molecular flexibility index (Phi) is 7.18. The molecule has 0 aromatic heterocycles. The lowest BCUT2D eigenvalue weighted by Crippen LogP contribution is -2.42. The van der Waals surface area contributed by atoms with Gasteiger partial charge in [0.25, 0.3) is 10.2 Å². The predicted octanol–water partition coefficient (Wildman–Crippen LogP) is 1.56. The Morgan fingerprint density at radius 2 is 1.65 bits per heavy atom. The molecule has 0 aliphatic carbocycles. The number of carbonyl (C=O) groups is 1. The summed E-state index contributed by atoms with van der Waals surface area (Å²) in [6.07, 6.45) is 1.63. The zero-order valence-corrected chi connectivity index (χ0v) is 15.4. The fourth-order valence-electron chi connectivity index (χ4n) is 2.40. The van der Waals surface area contributed by atoms with Crippen LogP contribution in [-0.4, -0.2) is 45.8 Å². The molecule has 0 aliphatic rings. The summed E-state index contributed by atoms with van der Waals surface area (Å²) in [6.45, 7) is 6.07. The highest BCUT2D eigenvalue weighted by molar-refractivity contribution is 7.87. The highest BCUT2D eigenvalue weighted by Gasteiger charge is 2.19. The molecule has 130 valence electrons. The van der Waals surface area contributed by atoms with E-state index in [-0.39, 0.29) is 12.5 Å². The smallest absolute Gasteiger partial charge is 0.278 e. The summed E-state index contributed by atoms with van der Waals surface area (Å²) in [4.78, 5) is 13.8. The van der Waals surface area contributed by atoms with E-state index in [0.717, 1.165) is 34.0 Å². The summed E-state index contributed by atoms with van der Waals surface area (Å²) in [5.41, 5.74) is 3.10. The van der Waals surface area contributed by atoms with Gasteiger partial charge in [-0.25, -0.2) is 4.72 Å². The maximum absolute atomic E-state index is 12.1. The molecule has 0 heterocycles. The predicted molar refractivity (Wildman–Crippen MR) is 93.8 cm³/mol. The highest BCUT2D eigenvalue weighted by atomic mass is 32.2. The number of benzene rings is 1. The molecular weight excluding hydrogens is 314 g/mol. The van der Waals surface area contributed by atoms with Crippen LogP contribution in [-0.2, 0) is 27.8 Å². The van der Waals surface area contributed by atoms with Crippen LogP contribution >= 0.6 is 0 Å². The third-order valence-corrected chi connectivity index (χ3v) is 5.25. The van der Waals surface area contributed by atoms with Crippen LogP contribution < -0.4 is 9.62 Å². The van der Waals surface area contributed by atoms with Crippen molar-refractivity contribution >= 4 is 21.8 Å². The maximum Gasteiger partial charge on any atom is 0.278 e. The average Bonchev–Trinajstić information content (AvgIpc) is 2.50. The number of anilines is 1. The fourth-order valence-corrected chi connectivity index (χ4v) is 3.01. The average molecular weight is 341 g/mol. The molecule has 0 fully saturated rings. The molecule has 1 amide bonds. The van der Waals surface area contributed by atoms with Gasteiger partial charge in [-0.3, -0.25) is 4.79 Å². The monoisotopic (exact) mass is 341 g/mol. The Balaban J connectivity index is 3.03. The lowest BCUT2D eigenvalue weighted by Gasteiger charge is -2.27. The Morgan fingerprint density at radius 3 is 2.04 bits per heavy atom. The van der Waals surface area contributed by atoms with Crippen LogP contribution in [0.15, 0.2) is 18.2 Å².